The molecule has 3 saturated heterocycles. The third-order valence-electron chi connectivity index (χ3n) is 9.34. The van der Waals surface area contributed by atoms with Gasteiger partial charge in [-0.15, -0.1) is 0 Å². The SMILES string of the molecule is CCC1(O)CCN(C2CCN(C(=O)COC(=O)N3CCC(N4CCc5ccccc5NC4=O)CC3)CC2)CC1. The quantitative estimate of drug-likeness (QED) is 0.594. The molecule has 0 saturated carbocycles. The molecule has 0 aromatic heterocycles. The molecular weight excluding hydrogens is 498 g/mol. The van der Waals surface area contributed by atoms with Crippen molar-refractivity contribution in [3.8, 4) is 0 Å². The second-order valence-corrected chi connectivity index (χ2v) is 11.5. The fraction of sp³-hybridized carbons (Fsp3) is 0.690. The summed E-state index contributed by atoms with van der Waals surface area (Å²) >= 11 is 0. The fourth-order valence-electron chi connectivity index (χ4n) is 6.54. The standard InChI is InChI=1S/C29H43N5O5/c1-2-29(38)12-19-31(20-13-29)23-8-14-32(15-9-23)26(35)21-39-28(37)33-16-10-24(11-17-33)34-18-7-22-5-3-4-6-25(22)30-27(34)36/h3-6,23-24,38H,2,7-21H2,1H3,(H,30,36). The van der Waals surface area contributed by atoms with Crippen LogP contribution < -0.4 is 5.32 Å². The molecule has 4 aliphatic heterocycles. The number of para-hydroxylation sites is 1. The number of ether oxygens (including phenoxy) is 1. The number of piperidine rings is 3. The monoisotopic (exact) mass is 541 g/mol. The van der Waals surface area contributed by atoms with Crippen molar-refractivity contribution >= 4 is 23.7 Å². The van der Waals surface area contributed by atoms with Crippen LogP contribution in [0, 0.1) is 0 Å². The van der Waals surface area contributed by atoms with Crippen LogP contribution in [-0.2, 0) is 16.0 Å². The number of likely N-dealkylation sites (tertiary alicyclic amines) is 3. The maximum Gasteiger partial charge on any atom is 0.410 e. The molecule has 214 valence electrons. The van der Waals surface area contributed by atoms with E-state index in [9.17, 15) is 19.5 Å². The van der Waals surface area contributed by atoms with Crippen molar-refractivity contribution in [1.82, 2.24) is 19.6 Å². The predicted octanol–water partition coefficient (Wildman–Crippen LogP) is 2.91. The highest BCUT2D eigenvalue weighted by atomic mass is 16.6. The highest BCUT2D eigenvalue weighted by molar-refractivity contribution is 5.91. The van der Waals surface area contributed by atoms with E-state index in [1.54, 1.807) is 9.80 Å². The summed E-state index contributed by atoms with van der Waals surface area (Å²) in [6.45, 7) is 6.63. The number of hydrogen-bond donors (Lipinski definition) is 2. The predicted molar refractivity (Wildman–Crippen MR) is 147 cm³/mol. The molecule has 4 aliphatic rings. The highest BCUT2D eigenvalue weighted by Crippen LogP contribution is 2.29. The Hall–Kier alpha value is -2.85. The van der Waals surface area contributed by atoms with Gasteiger partial charge in [0.2, 0.25) is 0 Å². The van der Waals surface area contributed by atoms with Crippen LogP contribution >= 0.6 is 0 Å². The zero-order valence-corrected chi connectivity index (χ0v) is 23.1. The van der Waals surface area contributed by atoms with E-state index >= 15 is 0 Å². The van der Waals surface area contributed by atoms with Crippen LogP contribution in [0.25, 0.3) is 0 Å². The number of benzene rings is 1. The van der Waals surface area contributed by atoms with E-state index in [1.165, 1.54) is 0 Å². The molecule has 1 aromatic rings. The smallest absolute Gasteiger partial charge is 0.410 e. The van der Waals surface area contributed by atoms with E-state index in [0.717, 1.165) is 62.9 Å². The van der Waals surface area contributed by atoms with Crippen LogP contribution in [0.2, 0.25) is 0 Å². The molecule has 0 bridgehead atoms. The first-order valence-corrected chi connectivity index (χ1v) is 14.7. The van der Waals surface area contributed by atoms with Gasteiger partial charge in [-0.2, -0.15) is 0 Å². The van der Waals surface area contributed by atoms with E-state index in [4.69, 9.17) is 4.74 Å². The minimum Gasteiger partial charge on any atom is -0.439 e. The summed E-state index contributed by atoms with van der Waals surface area (Å²) in [4.78, 5) is 46.1. The molecule has 0 radical (unpaired) electrons. The van der Waals surface area contributed by atoms with Gasteiger partial charge in [-0.25, -0.2) is 9.59 Å². The summed E-state index contributed by atoms with van der Waals surface area (Å²) in [5.41, 5.74) is 1.50. The van der Waals surface area contributed by atoms with Gasteiger partial charge in [0.05, 0.1) is 5.60 Å². The number of amides is 4. The van der Waals surface area contributed by atoms with Crippen molar-refractivity contribution in [2.75, 3.05) is 57.7 Å². The van der Waals surface area contributed by atoms with Crippen LogP contribution in [0.4, 0.5) is 15.3 Å². The first-order valence-electron chi connectivity index (χ1n) is 14.7. The Morgan fingerprint density at radius 3 is 2.28 bits per heavy atom. The molecule has 0 spiro atoms. The zero-order chi connectivity index (χ0) is 27.4. The summed E-state index contributed by atoms with van der Waals surface area (Å²) in [7, 11) is 0. The van der Waals surface area contributed by atoms with E-state index in [2.05, 4.69) is 10.2 Å². The van der Waals surface area contributed by atoms with Crippen LogP contribution in [0.5, 0.6) is 0 Å². The van der Waals surface area contributed by atoms with E-state index in [0.29, 0.717) is 51.6 Å². The largest absolute Gasteiger partial charge is 0.439 e. The molecule has 4 heterocycles. The lowest BCUT2D eigenvalue weighted by Gasteiger charge is -2.44. The first kappa shape index (κ1) is 27.7. The molecule has 10 heteroatoms. The lowest BCUT2D eigenvalue weighted by Crippen LogP contribution is -2.52. The Morgan fingerprint density at radius 1 is 0.949 bits per heavy atom. The number of nitrogens with one attached hydrogen (secondary N) is 1. The van der Waals surface area contributed by atoms with Crippen LogP contribution in [0.3, 0.4) is 0 Å². The first-order chi connectivity index (χ1) is 18.8. The van der Waals surface area contributed by atoms with Crippen molar-refractivity contribution < 1.29 is 24.2 Å². The Balaban J connectivity index is 1.01. The van der Waals surface area contributed by atoms with Crippen molar-refractivity contribution in [2.45, 2.75) is 76.0 Å². The van der Waals surface area contributed by atoms with Gasteiger partial charge in [-0.05, 0) is 63.0 Å². The zero-order valence-electron chi connectivity index (χ0n) is 23.1. The van der Waals surface area contributed by atoms with Crippen LogP contribution in [0.1, 0.15) is 57.4 Å². The Kier molecular flexibility index (Phi) is 8.61. The summed E-state index contributed by atoms with van der Waals surface area (Å²) < 4.78 is 5.40. The van der Waals surface area contributed by atoms with Gasteiger partial charge in [0, 0.05) is 63.6 Å². The molecule has 0 atom stereocenters. The number of carbonyl (C=O) groups excluding carboxylic acids is 3. The van der Waals surface area contributed by atoms with Gasteiger partial charge in [0.15, 0.2) is 6.61 Å². The number of nitrogens with zero attached hydrogens (tertiary/aromatic N) is 4. The average molecular weight is 542 g/mol. The maximum atomic E-state index is 12.8. The van der Waals surface area contributed by atoms with Gasteiger partial charge in [0.1, 0.15) is 0 Å². The van der Waals surface area contributed by atoms with Gasteiger partial charge < -0.3 is 34.8 Å². The van der Waals surface area contributed by atoms with E-state index in [1.807, 2.05) is 36.1 Å². The lowest BCUT2D eigenvalue weighted by atomic mass is 9.87. The maximum absolute atomic E-state index is 12.8. The van der Waals surface area contributed by atoms with E-state index < -0.39 is 11.7 Å². The lowest BCUT2D eigenvalue weighted by molar-refractivity contribution is -0.136. The second-order valence-electron chi connectivity index (χ2n) is 11.5. The Labute approximate surface area is 231 Å². The number of carbonyl (C=O) groups is 3. The molecule has 2 N–H and O–H groups in total. The Bertz CT molecular complexity index is 1030. The van der Waals surface area contributed by atoms with Crippen LogP contribution in [0.15, 0.2) is 24.3 Å². The minimum absolute atomic E-state index is 0.0713. The van der Waals surface area contributed by atoms with Crippen molar-refractivity contribution in [1.29, 1.82) is 0 Å². The van der Waals surface area contributed by atoms with Gasteiger partial charge >= 0.3 is 12.1 Å². The van der Waals surface area contributed by atoms with Gasteiger partial charge in [0.25, 0.3) is 5.91 Å². The second kappa shape index (κ2) is 12.1. The number of fused-ring (bicyclic) bond motifs is 1. The van der Waals surface area contributed by atoms with E-state index in [-0.39, 0.29) is 24.6 Å². The third kappa shape index (κ3) is 6.49. The molecule has 1 aromatic carbocycles. The molecule has 10 nitrogen and oxygen atoms in total. The summed E-state index contributed by atoms with van der Waals surface area (Å²) in [6, 6.07) is 8.32. The van der Waals surface area contributed by atoms with Gasteiger partial charge in [-0.1, -0.05) is 25.1 Å². The van der Waals surface area contributed by atoms with Crippen molar-refractivity contribution in [3.63, 3.8) is 0 Å². The molecule has 5 rings (SSSR count). The number of anilines is 1. The van der Waals surface area contributed by atoms with Crippen LogP contribution in [-0.4, -0.2) is 113 Å². The summed E-state index contributed by atoms with van der Waals surface area (Å²) in [5.74, 6) is -0.142. The number of hydrogen-bond acceptors (Lipinski definition) is 6. The molecule has 0 unspecified atom stereocenters. The Morgan fingerprint density at radius 2 is 1.59 bits per heavy atom. The topological polar surface area (TPSA) is 106 Å². The number of aliphatic hydroxyl groups is 1. The summed E-state index contributed by atoms with van der Waals surface area (Å²) in [5, 5.41) is 13.5. The highest BCUT2D eigenvalue weighted by Gasteiger charge is 2.35. The third-order valence-corrected chi connectivity index (χ3v) is 9.34. The molecule has 0 aliphatic carbocycles. The normalized spacial score (nSPS) is 23.1. The average Bonchev–Trinajstić information content (AvgIpc) is 3.14. The molecular formula is C29H43N5O5. The van der Waals surface area contributed by atoms with Gasteiger partial charge in [-0.3, -0.25) is 4.79 Å². The number of rotatable bonds is 5. The van der Waals surface area contributed by atoms with Crippen molar-refractivity contribution in [2.24, 2.45) is 0 Å². The summed E-state index contributed by atoms with van der Waals surface area (Å²) in [6.07, 6.45) is 5.97. The molecule has 4 amide bonds. The molecule has 3 fully saturated rings. The van der Waals surface area contributed by atoms with Crippen molar-refractivity contribution in [3.05, 3.63) is 29.8 Å². The fourth-order valence-corrected chi connectivity index (χ4v) is 6.54. The number of urea groups is 1. The molecule has 39 heavy (non-hydrogen) atoms. The minimum atomic E-state index is -0.513.